The molecule has 2 aliphatic rings. The van der Waals surface area contributed by atoms with Gasteiger partial charge in [0.1, 0.15) is 0 Å². The molecule has 66 valence electrons. The first kappa shape index (κ1) is 7.73. The van der Waals surface area contributed by atoms with Crippen molar-refractivity contribution in [2.45, 2.75) is 32.2 Å². The van der Waals surface area contributed by atoms with Crippen LogP contribution in [-0.4, -0.2) is 22.9 Å². The van der Waals surface area contributed by atoms with Gasteiger partial charge in [0, 0.05) is 18.4 Å². The molecule has 1 heterocycles. The largest absolute Gasteiger partial charge is 0.273 e. The van der Waals surface area contributed by atoms with Crippen molar-refractivity contribution in [3.05, 3.63) is 0 Å². The molecular formula is C8H12N2O2. The third kappa shape index (κ3) is 1.22. The number of amides is 2. The Hall–Kier alpha value is -0.900. The van der Waals surface area contributed by atoms with E-state index in [4.69, 9.17) is 0 Å². The van der Waals surface area contributed by atoms with Gasteiger partial charge in [0.05, 0.1) is 0 Å². The number of nitrogens with one attached hydrogen (secondary N) is 1. The first-order valence-corrected chi connectivity index (χ1v) is 4.31. The van der Waals surface area contributed by atoms with Gasteiger partial charge in [-0.15, -0.1) is 0 Å². The standard InChI is InChI=1S/C8H12N2O2/c1-5-4-7(11)10(8(5)12)9-6-2-3-6/h5-6,9H,2-4H2,1H3. The molecule has 1 unspecified atom stereocenters. The van der Waals surface area contributed by atoms with E-state index in [0.717, 1.165) is 12.8 Å². The minimum atomic E-state index is -0.135. The SMILES string of the molecule is CC1CC(=O)N(NC2CC2)C1=O. The monoisotopic (exact) mass is 168 g/mol. The molecule has 12 heavy (non-hydrogen) atoms. The van der Waals surface area contributed by atoms with Gasteiger partial charge in [-0.1, -0.05) is 6.92 Å². The van der Waals surface area contributed by atoms with Crippen LogP contribution < -0.4 is 5.43 Å². The lowest BCUT2D eigenvalue weighted by atomic mass is 10.1. The van der Waals surface area contributed by atoms with Crippen molar-refractivity contribution in [2.75, 3.05) is 0 Å². The number of carbonyl (C=O) groups is 2. The zero-order valence-corrected chi connectivity index (χ0v) is 7.04. The number of hydrogen-bond donors (Lipinski definition) is 1. The summed E-state index contributed by atoms with van der Waals surface area (Å²) in [6, 6.07) is 0.364. The molecule has 0 aromatic carbocycles. The molecule has 1 saturated heterocycles. The molecule has 0 aromatic rings. The molecule has 1 aliphatic carbocycles. The molecule has 4 nitrogen and oxygen atoms in total. The number of hydrazine groups is 1. The minimum Gasteiger partial charge on any atom is -0.273 e. The summed E-state index contributed by atoms with van der Waals surface area (Å²) < 4.78 is 0. The van der Waals surface area contributed by atoms with Crippen molar-refractivity contribution < 1.29 is 9.59 Å². The maximum Gasteiger partial charge on any atom is 0.247 e. The lowest BCUT2D eigenvalue weighted by Crippen LogP contribution is -2.43. The van der Waals surface area contributed by atoms with Crippen LogP contribution in [0.3, 0.4) is 0 Å². The third-order valence-corrected chi connectivity index (χ3v) is 2.26. The topological polar surface area (TPSA) is 49.4 Å². The summed E-state index contributed by atoms with van der Waals surface area (Å²) in [5, 5.41) is 1.20. The average Bonchev–Trinajstić information content (AvgIpc) is 2.77. The summed E-state index contributed by atoms with van der Waals surface area (Å²) in [5.74, 6) is -0.296. The average molecular weight is 168 g/mol. The molecule has 0 spiro atoms. The van der Waals surface area contributed by atoms with Crippen LogP contribution in [0.2, 0.25) is 0 Å². The van der Waals surface area contributed by atoms with Gasteiger partial charge in [0.25, 0.3) is 0 Å². The Morgan fingerprint density at radius 2 is 2.08 bits per heavy atom. The lowest BCUT2D eigenvalue weighted by molar-refractivity contribution is -0.143. The Labute approximate surface area is 70.9 Å². The Kier molecular flexibility index (Phi) is 1.65. The van der Waals surface area contributed by atoms with Gasteiger partial charge in [-0.05, 0) is 12.8 Å². The van der Waals surface area contributed by atoms with E-state index in [0.29, 0.717) is 12.5 Å². The predicted molar refractivity (Wildman–Crippen MR) is 41.8 cm³/mol. The highest BCUT2D eigenvalue weighted by Gasteiger charge is 2.38. The molecule has 4 heteroatoms. The Balaban J connectivity index is 2.02. The Morgan fingerprint density at radius 3 is 2.50 bits per heavy atom. The van der Waals surface area contributed by atoms with Gasteiger partial charge >= 0.3 is 0 Å². The number of imide groups is 1. The van der Waals surface area contributed by atoms with E-state index in [1.807, 2.05) is 0 Å². The number of nitrogens with zero attached hydrogens (tertiary/aromatic N) is 1. The summed E-state index contributed by atoms with van der Waals surface area (Å²) in [4.78, 5) is 22.5. The fraction of sp³-hybridized carbons (Fsp3) is 0.750. The fourth-order valence-electron chi connectivity index (χ4n) is 1.31. The van der Waals surface area contributed by atoms with Crippen LogP contribution in [0.25, 0.3) is 0 Å². The lowest BCUT2D eigenvalue weighted by Gasteiger charge is -2.14. The molecule has 1 saturated carbocycles. The van der Waals surface area contributed by atoms with Crippen molar-refractivity contribution >= 4 is 11.8 Å². The maximum atomic E-state index is 11.3. The second kappa shape index (κ2) is 2.55. The van der Waals surface area contributed by atoms with E-state index in [2.05, 4.69) is 5.43 Å². The summed E-state index contributed by atoms with van der Waals surface area (Å²) in [6.45, 7) is 1.79. The van der Waals surface area contributed by atoms with Crippen LogP contribution in [0.15, 0.2) is 0 Å². The number of carbonyl (C=O) groups excluding carboxylic acids is 2. The van der Waals surface area contributed by atoms with Crippen LogP contribution in [-0.2, 0) is 9.59 Å². The molecule has 2 rings (SSSR count). The smallest absolute Gasteiger partial charge is 0.247 e. The first-order valence-electron chi connectivity index (χ1n) is 4.31. The van der Waals surface area contributed by atoms with E-state index >= 15 is 0 Å². The quantitative estimate of drug-likeness (QED) is 0.593. The van der Waals surface area contributed by atoms with Crippen molar-refractivity contribution in [2.24, 2.45) is 5.92 Å². The number of rotatable bonds is 2. The van der Waals surface area contributed by atoms with E-state index in [-0.39, 0.29) is 17.7 Å². The molecule has 1 N–H and O–H groups in total. The van der Waals surface area contributed by atoms with E-state index in [1.165, 1.54) is 5.01 Å². The van der Waals surface area contributed by atoms with Gasteiger partial charge in [0.15, 0.2) is 0 Å². The van der Waals surface area contributed by atoms with Crippen molar-refractivity contribution in [1.29, 1.82) is 0 Å². The second-order valence-electron chi connectivity index (χ2n) is 3.58. The molecular weight excluding hydrogens is 156 g/mol. The molecule has 2 amide bonds. The molecule has 2 fully saturated rings. The van der Waals surface area contributed by atoms with Crippen molar-refractivity contribution in [3.8, 4) is 0 Å². The normalized spacial score (nSPS) is 30.1. The van der Waals surface area contributed by atoms with E-state index in [1.54, 1.807) is 6.92 Å². The highest BCUT2D eigenvalue weighted by molar-refractivity contribution is 6.02. The highest BCUT2D eigenvalue weighted by Crippen LogP contribution is 2.23. The zero-order chi connectivity index (χ0) is 8.72. The second-order valence-corrected chi connectivity index (χ2v) is 3.58. The summed E-state index contributed by atoms with van der Waals surface area (Å²) >= 11 is 0. The molecule has 0 radical (unpaired) electrons. The van der Waals surface area contributed by atoms with Crippen LogP contribution in [0.1, 0.15) is 26.2 Å². The zero-order valence-electron chi connectivity index (χ0n) is 7.04. The third-order valence-electron chi connectivity index (χ3n) is 2.26. The number of hydrogen-bond acceptors (Lipinski definition) is 3. The van der Waals surface area contributed by atoms with Gasteiger partial charge in [-0.2, -0.15) is 0 Å². The maximum absolute atomic E-state index is 11.3. The Morgan fingerprint density at radius 1 is 1.42 bits per heavy atom. The van der Waals surface area contributed by atoms with E-state index in [9.17, 15) is 9.59 Å². The summed E-state index contributed by atoms with van der Waals surface area (Å²) in [5.41, 5.74) is 2.92. The van der Waals surface area contributed by atoms with Crippen LogP contribution in [0.5, 0.6) is 0 Å². The highest BCUT2D eigenvalue weighted by atomic mass is 16.2. The van der Waals surface area contributed by atoms with E-state index < -0.39 is 0 Å². The summed E-state index contributed by atoms with van der Waals surface area (Å²) in [6.07, 6.45) is 2.51. The predicted octanol–water partition coefficient (Wildman–Crippen LogP) is 0.0484. The first-order chi connectivity index (χ1) is 5.68. The van der Waals surface area contributed by atoms with Gasteiger partial charge in [0.2, 0.25) is 11.8 Å². The molecule has 0 aromatic heterocycles. The van der Waals surface area contributed by atoms with Gasteiger partial charge in [-0.25, -0.2) is 10.4 Å². The minimum absolute atomic E-state index is 0.0769. The van der Waals surface area contributed by atoms with Crippen LogP contribution in [0, 0.1) is 5.92 Å². The van der Waals surface area contributed by atoms with Gasteiger partial charge in [-0.3, -0.25) is 9.59 Å². The van der Waals surface area contributed by atoms with Crippen molar-refractivity contribution in [1.82, 2.24) is 10.4 Å². The molecule has 1 aliphatic heterocycles. The Bertz CT molecular complexity index is 235. The van der Waals surface area contributed by atoms with Crippen LogP contribution >= 0.6 is 0 Å². The van der Waals surface area contributed by atoms with Crippen molar-refractivity contribution in [3.63, 3.8) is 0 Å². The fourth-order valence-corrected chi connectivity index (χ4v) is 1.31. The van der Waals surface area contributed by atoms with Crippen LogP contribution in [0.4, 0.5) is 0 Å². The molecule has 0 bridgehead atoms. The molecule has 1 atom stereocenters. The summed E-state index contributed by atoms with van der Waals surface area (Å²) in [7, 11) is 0. The van der Waals surface area contributed by atoms with Gasteiger partial charge < -0.3 is 0 Å².